The molecule has 136 valence electrons. The fraction of sp³-hybridized carbons (Fsp3) is 0.267. The first-order chi connectivity index (χ1) is 12.4. The van der Waals surface area contributed by atoms with Crippen LogP contribution in [-0.4, -0.2) is 46.7 Å². The first kappa shape index (κ1) is 17.7. The highest BCUT2D eigenvalue weighted by atomic mass is 32.1. The van der Waals surface area contributed by atoms with Gasteiger partial charge in [0.25, 0.3) is 5.91 Å². The van der Waals surface area contributed by atoms with Crippen molar-refractivity contribution in [1.82, 2.24) is 14.9 Å². The molecule has 1 unspecified atom stereocenters. The van der Waals surface area contributed by atoms with Crippen LogP contribution in [0.2, 0.25) is 0 Å². The van der Waals surface area contributed by atoms with Crippen molar-refractivity contribution in [3.63, 3.8) is 0 Å². The SMILES string of the molecule is CC(=O)NCC1CN(c2ccc(NC(=O)c3csnn3)c(F)c2)C(=O)O1. The minimum Gasteiger partial charge on any atom is -0.442 e. The third-order valence-corrected chi connectivity index (χ3v) is 4.06. The summed E-state index contributed by atoms with van der Waals surface area (Å²) in [5, 5.41) is 10.00. The van der Waals surface area contributed by atoms with Gasteiger partial charge in [-0.15, -0.1) is 5.10 Å². The van der Waals surface area contributed by atoms with Crippen LogP contribution in [0.15, 0.2) is 23.6 Å². The summed E-state index contributed by atoms with van der Waals surface area (Å²) < 4.78 is 23.0. The molecule has 1 aromatic heterocycles. The Labute approximate surface area is 151 Å². The Morgan fingerprint density at radius 2 is 2.27 bits per heavy atom. The monoisotopic (exact) mass is 379 g/mol. The van der Waals surface area contributed by atoms with Crippen molar-refractivity contribution < 1.29 is 23.5 Å². The Kier molecular flexibility index (Phi) is 5.07. The number of hydrogen-bond donors (Lipinski definition) is 2. The summed E-state index contributed by atoms with van der Waals surface area (Å²) in [6, 6.07) is 3.95. The van der Waals surface area contributed by atoms with E-state index in [2.05, 4.69) is 20.2 Å². The lowest BCUT2D eigenvalue weighted by Gasteiger charge is -2.14. The number of hydrogen-bond acceptors (Lipinski definition) is 7. The lowest BCUT2D eigenvalue weighted by atomic mass is 10.2. The third kappa shape index (κ3) is 3.94. The van der Waals surface area contributed by atoms with Gasteiger partial charge in [0.1, 0.15) is 11.9 Å². The molecule has 1 aliphatic heterocycles. The number of nitrogens with zero attached hydrogens (tertiary/aromatic N) is 3. The van der Waals surface area contributed by atoms with E-state index in [1.54, 1.807) is 0 Å². The van der Waals surface area contributed by atoms with Gasteiger partial charge in [-0.05, 0) is 29.7 Å². The maximum atomic E-state index is 14.3. The van der Waals surface area contributed by atoms with Crippen LogP contribution in [0, 0.1) is 5.82 Å². The number of carbonyl (C=O) groups is 3. The number of cyclic esters (lactones) is 1. The maximum Gasteiger partial charge on any atom is 0.414 e. The van der Waals surface area contributed by atoms with Gasteiger partial charge >= 0.3 is 6.09 Å². The summed E-state index contributed by atoms with van der Waals surface area (Å²) in [6.45, 7) is 1.71. The Balaban J connectivity index is 1.68. The first-order valence-electron chi connectivity index (χ1n) is 7.54. The van der Waals surface area contributed by atoms with E-state index in [9.17, 15) is 18.8 Å². The van der Waals surface area contributed by atoms with Crippen molar-refractivity contribution in [1.29, 1.82) is 0 Å². The fourth-order valence-electron chi connectivity index (χ4n) is 2.32. The molecule has 26 heavy (non-hydrogen) atoms. The molecule has 11 heteroatoms. The molecule has 0 saturated carbocycles. The second-order valence-corrected chi connectivity index (χ2v) is 6.07. The molecule has 1 aliphatic rings. The van der Waals surface area contributed by atoms with Crippen LogP contribution in [0.25, 0.3) is 0 Å². The van der Waals surface area contributed by atoms with E-state index in [-0.39, 0.29) is 36.1 Å². The summed E-state index contributed by atoms with van der Waals surface area (Å²) in [4.78, 5) is 36.0. The predicted octanol–water partition coefficient (Wildman–Crippen LogP) is 1.39. The lowest BCUT2D eigenvalue weighted by Crippen LogP contribution is -2.33. The third-order valence-electron chi connectivity index (χ3n) is 3.56. The van der Waals surface area contributed by atoms with Crippen molar-refractivity contribution in [2.24, 2.45) is 0 Å². The molecular weight excluding hydrogens is 365 g/mol. The van der Waals surface area contributed by atoms with Crippen LogP contribution >= 0.6 is 11.5 Å². The van der Waals surface area contributed by atoms with Gasteiger partial charge in [0.05, 0.1) is 24.5 Å². The average Bonchev–Trinajstić information content (AvgIpc) is 3.24. The molecule has 1 fully saturated rings. The molecule has 1 aromatic carbocycles. The first-order valence-corrected chi connectivity index (χ1v) is 8.38. The number of rotatable bonds is 5. The van der Waals surface area contributed by atoms with Crippen LogP contribution in [0.4, 0.5) is 20.6 Å². The highest BCUT2D eigenvalue weighted by Crippen LogP contribution is 2.26. The predicted molar refractivity (Wildman–Crippen MR) is 90.6 cm³/mol. The highest BCUT2D eigenvalue weighted by molar-refractivity contribution is 7.03. The van der Waals surface area contributed by atoms with E-state index in [0.29, 0.717) is 0 Å². The van der Waals surface area contributed by atoms with Crippen molar-refractivity contribution in [2.75, 3.05) is 23.3 Å². The summed E-state index contributed by atoms with van der Waals surface area (Å²) >= 11 is 1.01. The number of carbonyl (C=O) groups excluding carboxylic acids is 3. The van der Waals surface area contributed by atoms with Crippen molar-refractivity contribution in [2.45, 2.75) is 13.0 Å². The van der Waals surface area contributed by atoms with Crippen molar-refractivity contribution >= 4 is 40.8 Å². The second kappa shape index (κ2) is 7.44. The summed E-state index contributed by atoms with van der Waals surface area (Å²) in [5.74, 6) is -1.53. The Bertz CT molecular complexity index is 845. The molecule has 0 aliphatic carbocycles. The molecule has 3 rings (SSSR count). The number of ether oxygens (including phenoxy) is 1. The van der Waals surface area contributed by atoms with Gasteiger partial charge in [0.15, 0.2) is 5.69 Å². The number of aromatic nitrogens is 2. The number of halogens is 1. The van der Waals surface area contributed by atoms with Gasteiger partial charge in [-0.2, -0.15) is 0 Å². The van der Waals surface area contributed by atoms with Crippen LogP contribution < -0.4 is 15.5 Å². The number of nitrogens with one attached hydrogen (secondary N) is 2. The van der Waals surface area contributed by atoms with Crippen LogP contribution in [0.5, 0.6) is 0 Å². The minimum atomic E-state index is -0.711. The highest BCUT2D eigenvalue weighted by Gasteiger charge is 2.32. The Hall–Kier alpha value is -3.08. The topological polar surface area (TPSA) is 114 Å². The summed E-state index contributed by atoms with van der Waals surface area (Å²) in [7, 11) is 0. The van der Waals surface area contributed by atoms with Crippen molar-refractivity contribution in [3.8, 4) is 0 Å². The molecule has 0 radical (unpaired) electrons. The van der Waals surface area contributed by atoms with Gasteiger partial charge in [-0.3, -0.25) is 14.5 Å². The van der Waals surface area contributed by atoms with E-state index in [1.807, 2.05) is 0 Å². The second-order valence-electron chi connectivity index (χ2n) is 5.46. The van der Waals surface area contributed by atoms with E-state index in [0.717, 1.165) is 17.6 Å². The Morgan fingerprint density at radius 3 is 2.92 bits per heavy atom. The molecule has 0 spiro atoms. The van der Waals surface area contributed by atoms with E-state index in [4.69, 9.17) is 4.74 Å². The zero-order valence-electron chi connectivity index (χ0n) is 13.6. The standard InChI is InChI=1S/C15H14FN5O4S/c1-8(22)17-5-10-6-21(15(24)25-10)9-2-3-12(11(16)4-9)18-14(23)13-7-26-20-19-13/h2-4,7,10H,5-6H2,1H3,(H,17,22)(H,18,23). The molecule has 1 atom stereocenters. The molecular formula is C15H14FN5O4S. The van der Waals surface area contributed by atoms with Gasteiger partial charge in [-0.25, -0.2) is 9.18 Å². The zero-order valence-corrected chi connectivity index (χ0v) is 14.4. The molecule has 9 nitrogen and oxygen atoms in total. The number of benzene rings is 1. The molecule has 2 N–H and O–H groups in total. The molecule has 2 heterocycles. The minimum absolute atomic E-state index is 0.0471. The fourth-order valence-corrected chi connectivity index (χ4v) is 2.76. The normalized spacial score (nSPS) is 16.3. The van der Waals surface area contributed by atoms with Gasteiger partial charge in [0, 0.05) is 12.3 Å². The lowest BCUT2D eigenvalue weighted by molar-refractivity contribution is -0.119. The van der Waals surface area contributed by atoms with E-state index in [1.165, 1.54) is 29.3 Å². The largest absolute Gasteiger partial charge is 0.442 e. The zero-order chi connectivity index (χ0) is 18.7. The summed E-state index contributed by atoms with van der Waals surface area (Å²) in [5.41, 5.74) is 0.322. The molecule has 2 aromatic rings. The smallest absolute Gasteiger partial charge is 0.414 e. The maximum absolute atomic E-state index is 14.3. The number of anilines is 2. The van der Waals surface area contributed by atoms with Crippen molar-refractivity contribution in [3.05, 3.63) is 35.1 Å². The Morgan fingerprint density at radius 1 is 1.46 bits per heavy atom. The average molecular weight is 379 g/mol. The van der Waals surface area contributed by atoms with E-state index >= 15 is 0 Å². The summed E-state index contributed by atoms with van der Waals surface area (Å²) in [6.07, 6.45) is -1.16. The van der Waals surface area contributed by atoms with E-state index < -0.39 is 23.9 Å². The van der Waals surface area contributed by atoms with Crippen LogP contribution in [-0.2, 0) is 9.53 Å². The van der Waals surface area contributed by atoms with Crippen LogP contribution in [0.3, 0.4) is 0 Å². The van der Waals surface area contributed by atoms with Gasteiger partial charge in [-0.1, -0.05) is 4.49 Å². The van der Waals surface area contributed by atoms with Gasteiger partial charge < -0.3 is 15.4 Å². The number of amides is 3. The molecule has 3 amide bonds. The van der Waals surface area contributed by atoms with Gasteiger partial charge in [0.2, 0.25) is 5.91 Å². The van der Waals surface area contributed by atoms with Crippen LogP contribution in [0.1, 0.15) is 17.4 Å². The quantitative estimate of drug-likeness (QED) is 0.812. The molecule has 1 saturated heterocycles. The molecule has 0 bridgehead atoms.